The smallest absolute Gasteiger partial charge is 0.173 e. The van der Waals surface area contributed by atoms with Crippen LogP contribution in [-0.2, 0) is 0 Å². The SMILES string of the molecule is N#Cc1ccc(C(=O)CSc2ccc(Cl)cc2)cc1. The lowest BCUT2D eigenvalue weighted by Gasteiger charge is -2.02. The quantitative estimate of drug-likeness (QED) is 0.625. The fourth-order valence-electron chi connectivity index (χ4n) is 1.49. The molecule has 0 bridgehead atoms. The molecular formula is C15H10ClNOS. The zero-order valence-corrected chi connectivity index (χ0v) is 11.5. The second-order valence-electron chi connectivity index (χ2n) is 3.85. The molecule has 0 aliphatic rings. The van der Waals surface area contributed by atoms with E-state index in [1.54, 1.807) is 36.4 Å². The van der Waals surface area contributed by atoms with Gasteiger partial charge in [0, 0.05) is 15.5 Å². The lowest BCUT2D eigenvalue weighted by Crippen LogP contribution is -2.02. The van der Waals surface area contributed by atoms with Crippen molar-refractivity contribution in [3.63, 3.8) is 0 Å². The number of hydrogen-bond donors (Lipinski definition) is 0. The Bertz CT molecular complexity index is 614. The Morgan fingerprint density at radius 3 is 2.32 bits per heavy atom. The molecule has 2 rings (SSSR count). The van der Waals surface area contributed by atoms with Gasteiger partial charge in [-0.2, -0.15) is 5.26 Å². The molecule has 0 saturated carbocycles. The molecule has 0 saturated heterocycles. The number of hydrogen-bond acceptors (Lipinski definition) is 3. The van der Waals surface area contributed by atoms with E-state index in [1.807, 2.05) is 18.2 Å². The van der Waals surface area contributed by atoms with E-state index < -0.39 is 0 Å². The van der Waals surface area contributed by atoms with Crippen LogP contribution in [-0.4, -0.2) is 11.5 Å². The minimum Gasteiger partial charge on any atom is -0.293 e. The van der Waals surface area contributed by atoms with Gasteiger partial charge in [-0.05, 0) is 36.4 Å². The summed E-state index contributed by atoms with van der Waals surface area (Å²) >= 11 is 7.27. The van der Waals surface area contributed by atoms with E-state index in [1.165, 1.54) is 11.8 Å². The average Bonchev–Trinajstić information content (AvgIpc) is 2.46. The highest BCUT2D eigenvalue weighted by molar-refractivity contribution is 8.00. The second-order valence-corrected chi connectivity index (χ2v) is 5.34. The lowest BCUT2D eigenvalue weighted by atomic mass is 10.1. The minimum atomic E-state index is 0.0458. The number of thioether (sulfide) groups is 1. The summed E-state index contributed by atoms with van der Waals surface area (Å²) in [6.45, 7) is 0. The molecule has 0 atom stereocenters. The first-order valence-corrected chi connectivity index (χ1v) is 6.97. The van der Waals surface area contributed by atoms with Gasteiger partial charge in [-0.15, -0.1) is 11.8 Å². The van der Waals surface area contributed by atoms with Crippen molar-refractivity contribution in [1.29, 1.82) is 5.26 Å². The van der Waals surface area contributed by atoms with Gasteiger partial charge in [0.1, 0.15) is 0 Å². The highest BCUT2D eigenvalue weighted by atomic mass is 35.5. The summed E-state index contributed by atoms with van der Waals surface area (Å²) in [5.41, 5.74) is 1.18. The van der Waals surface area contributed by atoms with E-state index in [0.717, 1.165) is 4.90 Å². The maximum Gasteiger partial charge on any atom is 0.173 e. The van der Waals surface area contributed by atoms with Crippen LogP contribution in [0.4, 0.5) is 0 Å². The van der Waals surface area contributed by atoms with Crippen molar-refractivity contribution in [2.75, 3.05) is 5.75 Å². The van der Waals surface area contributed by atoms with Gasteiger partial charge in [0.05, 0.1) is 17.4 Å². The molecule has 2 aromatic carbocycles. The minimum absolute atomic E-state index is 0.0458. The Morgan fingerprint density at radius 2 is 1.74 bits per heavy atom. The lowest BCUT2D eigenvalue weighted by molar-refractivity contribution is 0.102. The van der Waals surface area contributed by atoms with Crippen molar-refractivity contribution in [1.82, 2.24) is 0 Å². The molecule has 19 heavy (non-hydrogen) atoms. The molecule has 0 aromatic heterocycles. The molecule has 0 spiro atoms. The third kappa shape index (κ3) is 3.85. The summed E-state index contributed by atoms with van der Waals surface area (Å²) in [5.74, 6) is 0.414. The van der Waals surface area contributed by atoms with Crippen LogP contribution in [0.2, 0.25) is 5.02 Å². The first-order chi connectivity index (χ1) is 9.19. The zero-order valence-electron chi connectivity index (χ0n) is 9.97. The molecule has 0 aliphatic carbocycles. The average molecular weight is 288 g/mol. The predicted molar refractivity (Wildman–Crippen MR) is 77.7 cm³/mol. The Balaban J connectivity index is 1.97. The fraction of sp³-hybridized carbons (Fsp3) is 0.0667. The molecule has 4 heteroatoms. The molecule has 0 amide bonds. The third-order valence-corrected chi connectivity index (χ3v) is 3.78. The number of rotatable bonds is 4. The van der Waals surface area contributed by atoms with Crippen LogP contribution < -0.4 is 0 Å². The van der Waals surface area contributed by atoms with Crippen molar-refractivity contribution < 1.29 is 4.79 Å². The van der Waals surface area contributed by atoms with Crippen LogP contribution in [0.1, 0.15) is 15.9 Å². The molecule has 2 aromatic rings. The number of ketones is 1. The molecule has 0 radical (unpaired) electrons. The molecule has 0 fully saturated rings. The van der Waals surface area contributed by atoms with Crippen molar-refractivity contribution in [2.24, 2.45) is 0 Å². The summed E-state index contributed by atoms with van der Waals surface area (Å²) in [4.78, 5) is 13.0. The van der Waals surface area contributed by atoms with Crippen LogP contribution >= 0.6 is 23.4 Å². The van der Waals surface area contributed by atoms with Gasteiger partial charge < -0.3 is 0 Å². The maximum absolute atomic E-state index is 12.0. The predicted octanol–water partition coefficient (Wildman–Crippen LogP) is 4.19. The Hall–Kier alpha value is -1.76. The van der Waals surface area contributed by atoms with E-state index in [2.05, 4.69) is 0 Å². The summed E-state index contributed by atoms with van der Waals surface area (Å²) in [6.07, 6.45) is 0. The van der Waals surface area contributed by atoms with Gasteiger partial charge in [-0.1, -0.05) is 23.7 Å². The largest absolute Gasteiger partial charge is 0.293 e. The summed E-state index contributed by atoms with van der Waals surface area (Å²) < 4.78 is 0. The maximum atomic E-state index is 12.0. The number of benzene rings is 2. The molecule has 0 aliphatic heterocycles. The molecule has 0 N–H and O–H groups in total. The monoisotopic (exact) mass is 287 g/mol. The number of Topliss-reactive ketones (excluding diaryl/α,β-unsaturated/α-hetero) is 1. The van der Waals surface area contributed by atoms with Crippen molar-refractivity contribution >= 4 is 29.1 Å². The first kappa shape index (κ1) is 13.7. The number of nitriles is 1. The number of carbonyl (C=O) groups excluding carboxylic acids is 1. The number of nitrogens with zero attached hydrogens (tertiary/aromatic N) is 1. The number of carbonyl (C=O) groups is 1. The molecule has 2 nitrogen and oxygen atoms in total. The van der Waals surface area contributed by atoms with E-state index in [9.17, 15) is 4.79 Å². The van der Waals surface area contributed by atoms with E-state index in [4.69, 9.17) is 16.9 Å². The van der Waals surface area contributed by atoms with Crippen molar-refractivity contribution in [3.8, 4) is 6.07 Å². The highest BCUT2D eigenvalue weighted by Gasteiger charge is 2.06. The van der Waals surface area contributed by atoms with Gasteiger partial charge in [-0.3, -0.25) is 4.79 Å². The van der Waals surface area contributed by atoms with Crippen LogP contribution in [0.25, 0.3) is 0 Å². The van der Waals surface area contributed by atoms with E-state index >= 15 is 0 Å². The zero-order chi connectivity index (χ0) is 13.7. The van der Waals surface area contributed by atoms with Gasteiger partial charge in [0.2, 0.25) is 0 Å². The van der Waals surface area contributed by atoms with E-state index in [0.29, 0.717) is 21.9 Å². The Kier molecular flexibility index (Phi) is 4.62. The first-order valence-electron chi connectivity index (χ1n) is 5.61. The van der Waals surface area contributed by atoms with Crippen molar-refractivity contribution in [2.45, 2.75) is 4.90 Å². The van der Waals surface area contributed by atoms with Gasteiger partial charge in [-0.25, -0.2) is 0 Å². The molecule has 94 valence electrons. The van der Waals surface area contributed by atoms with Crippen LogP contribution in [0.5, 0.6) is 0 Å². The molecule has 0 heterocycles. The third-order valence-electron chi connectivity index (χ3n) is 2.52. The van der Waals surface area contributed by atoms with E-state index in [-0.39, 0.29) is 5.78 Å². The Labute approximate surface area is 121 Å². The van der Waals surface area contributed by atoms with Gasteiger partial charge >= 0.3 is 0 Å². The van der Waals surface area contributed by atoms with Crippen LogP contribution in [0.15, 0.2) is 53.4 Å². The second kappa shape index (κ2) is 6.42. The standard InChI is InChI=1S/C15H10ClNOS/c16-13-5-7-14(8-6-13)19-10-15(18)12-3-1-11(9-17)2-4-12/h1-8H,10H2. The summed E-state index contributed by atoms with van der Waals surface area (Å²) in [7, 11) is 0. The summed E-state index contributed by atoms with van der Waals surface area (Å²) in [5, 5.41) is 9.37. The highest BCUT2D eigenvalue weighted by Crippen LogP contribution is 2.21. The Morgan fingerprint density at radius 1 is 1.11 bits per heavy atom. The van der Waals surface area contributed by atoms with Crippen molar-refractivity contribution in [3.05, 3.63) is 64.7 Å². The number of halogens is 1. The molecular weight excluding hydrogens is 278 g/mol. The van der Waals surface area contributed by atoms with Crippen LogP contribution in [0, 0.1) is 11.3 Å². The molecule has 0 unspecified atom stereocenters. The fourth-order valence-corrected chi connectivity index (χ4v) is 2.41. The normalized spacial score (nSPS) is 9.89. The van der Waals surface area contributed by atoms with Crippen LogP contribution in [0.3, 0.4) is 0 Å². The topological polar surface area (TPSA) is 40.9 Å². The summed E-state index contributed by atoms with van der Waals surface area (Å²) in [6, 6.07) is 16.1. The van der Waals surface area contributed by atoms with Gasteiger partial charge in [0.25, 0.3) is 0 Å². The van der Waals surface area contributed by atoms with Gasteiger partial charge in [0.15, 0.2) is 5.78 Å².